The van der Waals surface area contributed by atoms with Gasteiger partial charge < -0.3 is 24.1 Å². The summed E-state index contributed by atoms with van der Waals surface area (Å²) in [5.41, 5.74) is 2.64. The number of carbonyl (C=O) groups excluding carboxylic acids is 3. The lowest BCUT2D eigenvalue weighted by Crippen LogP contribution is -2.18. The number of aromatic nitrogens is 3. The molecule has 184 valence electrons. The number of rotatable bonds is 9. The predicted molar refractivity (Wildman–Crippen MR) is 130 cm³/mol. The number of esters is 2. The molecule has 1 amide bonds. The number of nitrogens with one attached hydrogen (secondary N) is 1. The summed E-state index contributed by atoms with van der Waals surface area (Å²) in [6.07, 6.45) is 0. The second kappa shape index (κ2) is 11.5. The number of thioether (sulfide) groups is 1. The molecule has 10 nitrogen and oxygen atoms in total. The predicted octanol–water partition coefficient (Wildman–Crippen LogP) is 3.31. The number of methoxy groups -OCH3 is 2. The maximum absolute atomic E-state index is 12.6. The minimum Gasteiger partial charge on any atom is -0.485 e. The molecule has 35 heavy (non-hydrogen) atoms. The van der Waals surface area contributed by atoms with Gasteiger partial charge in [-0.2, -0.15) is 0 Å². The number of aryl methyl sites for hydroxylation is 1. The molecular formula is C24H26N4O6S. The molecule has 3 rings (SSSR count). The first-order chi connectivity index (χ1) is 16.7. The summed E-state index contributed by atoms with van der Waals surface area (Å²) in [5.74, 6) is -0.275. The zero-order valence-electron chi connectivity index (χ0n) is 20.1. The van der Waals surface area contributed by atoms with Gasteiger partial charge in [-0.1, -0.05) is 23.9 Å². The Kier molecular flexibility index (Phi) is 8.48. The van der Waals surface area contributed by atoms with Crippen molar-refractivity contribution in [3.8, 4) is 5.75 Å². The van der Waals surface area contributed by atoms with Crippen molar-refractivity contribution in [2.45, 2.75) is 25.6 Å². The van der Waals surface area contributed by atoms with Crippen molar-refractivity contribution >= 4 is 35.3 Å². The Morgan fingerprint density at radius 2 is 1.77 bits per heavy atom. The maximum atomic E-state index is 12.6. The highest BCUT2D eigenvalue weighted by molar-refractivity contribution is 7.99. The lowest BCUT2D eigenvalue weighted by molar-refractivity contribution is -0.113. The molecule has 0 unspecified atom stereocenters. The Morgan fingerprint density at radius 1 is 1.03 bits per heavy atom. The average molecular weight is 499 g/mol. The second-order valence-corrected chi connectivity index (χ2v) is 8.47. The van der Waals surface area contributed by atoms with Gasteiger partial charge in [-0.05, 0) is 49.2 Å². The van der Waals surface area contributed by atoms with Gasteiger partial charge >= 0.3 is 11.9 Å². The summed E-state index contributed by atoms with van der Waals surface area (Å²) < 4.78 is 17.1. The molecule has 0 atom stereocenters. The SMILES string of the molecule is COC(=O)c1ccc(C(=O)OC)c(NC(=O)CSc2nnc(COc3cccc(C)c3C)n2C)c1. The molecule has 0 saturated carbocycles. The fourth-order valence-corrected chi connectivity index (χ4v) is 3.85. The van der Waals surface area contributed by atoms with Gasteiger partial charge in [0, 0.05) is 7.05 Å². The van der Waals surface area contributed by atoms with E-state index < -0.39 is 17.8 Å². The lowest BCUT2D eigenvalue weighted by Gasteiger charge is -2.11. The van der Waals surface area contributed by atoms with Crippen LogP contribution in [0.15, 0.2) is 41.6 Å². The molecule has 0 aliphatic heterocycles. The van der Waals surface area contributed by atoms with Crippen LogP contribution in [0, 0.1) is 13.8 Å². The summed E-state index contributed by atoms with van der Waals surface area (Å²) in [6, 6.07) is 10.0. The largest absolute Gasteiger partial charge is 0.485 e. The number of hydrogen-bond acceptors (Lipinski definition) is 9. The van der Waals surface area contributed by atoms with E-state index in [9.17, 15) is 14.4 Å². The molecule has 1 N–H and O–H groups in total. The van der Waals surface area contributed by atoms with Crippen molar-refractivity contribution in [2.24, 2.45) is 7.05 Å². The van der Waals surface area contributed by atoms with Gasteiger partial charge in [0.25, 0.3) is 0 Å². The first-order valence-electron chi connectivity index (χ1n) is 10.6. The van der Waals surface area contributed by atoms with E-state index in [1.54, 1.807) is 11.6 Å². The number of nitrogens with zero attached hydrogens (tertiary/aromatic N) is 3. The Hall–Kier alpha value is -3.86. The highest BCUT2D eigenvalue weighted by Gasteiger charge is 2.18. The van der Waals surface area contributed by atoms with E-state index in [-0.39, 0.29) is 29.2 Å². The first-order valence-corrected chi connectivity index (χ1v) is 11.5. The molecule has 0 fully saturated rings. The van der Waals surface area contributed by atoms with E-state index >= 15 is 0 Å². The molecule has 1 heterocycles. The summed E-state index contributed by atoms with van der Waals surface area (Å²) >= 11 is 1.17. The quantitative estimate of drug-likeness (QED) is 0.350. The average Bonchev–Trinajstić information content (AvgIpc) is 3.21. The maximum Gasteiger partial charge on any atom is 0.339 e. The molecule has 3 aromatic rings. The highest BCUT2D eigenvalue weighted by Crippen LogP contribution is 2.23. The Labute approximate surface area is 207 Å². The van der Waals surface area contributed by atoms with Gasteiger partial charge in [0.05, 0.1) is 36.8 Å². The topological polar surface area (TPSA) is 122 Å². The van der Waals surface area contributed by atoms with E-state index in [1.807, 2.05) is 32.0 Å². The van der Waals surface area contributed by atoms with Crippen molar-refractivity contribution in [1.29, 1.82) is 0 Å². The second-order valence-electron chi connectivity index (χ2n) is 7.52. The van der Waals surface area contributed by atoms with E-state index in [0.29, 0.717) is 11.0 Å². The van der Waals surface area contributed by atoms with Crippen LogP contribution in [0.2, 0.25) is 0 Å². The standard InChI is InChI=1S/C24H26N4O6S/c1-14-7-6-8-19(15(14)2)34-12-20-26-27-24(28(20)3)35-13-21(29)25-18-11-16(22(30)32-4)9-10-17(18)23(31)33-5/h6-11H,12-13H2,1-5H3,(H,25,29). The Bertz CT molecular complexity index is 1260. The third kappa shape index (κ3) is 6.18. The number of benzene rings is 2. The number of ether oxygens (including phenoxy) is 3. The molecule has 0 saturated heterocycles. The van der Waals surface area contributed by atoms with Gasteiger partial charge in [0.1, 0.15) is 12.4 Å². The third-order valence-corrected chi connectivity index (χ3v) is 6.31. The van der Waals surface area contributed by atoms with E-state index in [4.69, 9.17) is 14.2 Å². The molecule has 0 aliphatic carbocycles. The van der Waals surface area contributed by atoms with E-state index in [1.165, 1.54) is 44.2 Å². The molecule has 2 aromatic carbocycles. The van der Waals surface area contributed by atoms with Gasteiger partial charge in [0.2, 0.25) is 5.91 Å². The van der Waals surface area contributed by atoms with E-state index in [2.05, 4.69) is 15.5 Å². The van der Waals surface area contributed by atoms with Crippen LogP contribution in [-0.4, -0.2) is 52.6 Å². The first kappa shape index (κ1) is 25.8. The number of hydrogen-bond donors (Lipinski definition) is 1. The van der Waals surface area contributed by atoms with E-state index in [0.717, 1.165) is 16.9 Å². The lowest BCUT2D eigenvalue weighted by atomic mass is 10.1. The van der Waals surface area contributed by atoms with Crippen molar-refractivity contribution < 1.29 is 28.6 Å². The fourth-order valence-electron chi connectivity index (χ4n) is 3.12. The number of carbonyl (C=O) groups is 3. The summed E-state index contributed by atoms with van der Waals surface area (Å²) in [7, 11) is 4.26. The van der Waals surface area contributed by atoms with Crippen LogP contribution >= 0.6 is 11.8 Å². The van der Waals surface area contributed by atoms with Gasteiger partial charge in [0.15, 0.2) is 11.0 Å². The highest BCUT2D eigenvalue weighted by atomic mass is 32.2. The van der Waals surface area contributed by atoms with Crippen molar-refractivity contribution in [3.05, 3.63) is 64.5 Å². The summed E-state index contributed by atoms with van der Waals surface area (Å²) in [6.45, 7) is 4.24. The third-order valence-electron chi connectivity index (χ3n) is 5.29. The summed E-state index contributed by atoms with van der Waals surface area (Å²) in [4.78, 5) is 36.5. The minimum absolute atomic E-state index is 0.00706. The van der Waals surface area contributed by atoms with Crippen LogP contribution < -0.4 is 10.1 Å². The van der Waals surface area contributed by atoms with Crippen molar-refractivity contribution in [2.75, 3.05) is 25.3 Å². The molecule has 11 heteroatoms. The molecule has 1 aromatic heterocycles. The normalized spacial score (nSPS) is 10.5. The Balaban J connectivity index is 1.65. The number of amides is 1. The smallest absolute Gasteiger partial charge is 0.339 e. The monoisotopic (exact) mass is 498 g/mol. The van der Waals surface area contributed by atoms with Gasteiger partial charge in [-0.15, -0.1) is 10.2 Å². The zero-order chi connectivity index (χ0) is 25.5. The fraction of sp³-hybridized carbons (Fsp3) is 0.292. The van der Waals surface area contributed by atoms with Crippen molar-refractivity contribution in [1.82, 2.24) is 14.8 Å². The van der Waals surface area contributed by atoms with Gasteiger partial charge in [-0.3, -0.25) is 4.79 Å². The van der Waals surface area contributed by atoms with Crippen LogP contribution in [0.5, 0.6) is 5.75 Å². The molecule has 0 spiro atoms. The zero-order valence-corrected chi connectivity index (χ0v) is 20.9. The minimum atomic E-state index is -0.647. The molecule has 0 radical (unpaired) electrons. The number of anilines is 1. The van der Waals surface area contributed by atoms with Crippen LogP contribution in [0.1, 0.15) is 37.7 Å². The molecule has 0 aliphatic rings. The van der Waals surface area contributed by atoms with Crippen LogP contribution in [0.25, 0.3) is 0 Å². The van der Waals surface area contributed by atoms with Crippen molar-refractivity contribution in [3.63, 3.8) is 0 Å². The van der Waals surface area contributed by atoms with Crippen LogP contribution in [0.4, 0.5) is 5.69 Å². The van der Waals surface area contributed by atoms with Gasteiger partial charge in [-0.25, -0.2) is 9.59 Å². The molecular weight excluding hydrogens is 472 g/mol. The molecule has 0 bridgehead atoms. The van der Waals surface area contributed by atoms with Crippen LogP contribution in [-0.2, 0) is 27.9 Å². The Morgan fingerprint density at radius 3 is 2.49 bits per heavy atom. The summed E-state index contributed by atoms with van der Waals surface area (Å²) in [5, 5.41) is 11.5. The van der Waals surface area contributed by atoms with Crippen LogP contribution in [0.3, 0.4) is 0 Å².